The molecule has 0 spiro atoms. The van der Waals surface area contributed by atoms with Gasteiger partial charge in [0.05, 0.1) is 6.20 Å². The van der Waals surface area contributed by atoms with Crippen molar-refractivity contribution in [3.05, 3.63) is 24.0 Å². The van der Waals surface area contributed by atoms with E-state index in [0.29, 0.717) is 0 Å². The van der Waals surface area contributed by atoms with E-state index in [1.54, 1.807) is 12.3 Å². The Kier molecular flexibility index (Phi) is 2.44. The summed E-state index contributed by atoms with van der Waals surface area (Å²) in [4.78, 5) is 3.82. The lowest BCUT2D eigenvalue weighted by Crippen LogP contribution is -2.08. The summed E-state index contributed by atoms with van der Waals surface area (Å²) in [6, 6.07) is 1.62. The van der Waals surface area contributed by atoms with Crippen LogP contribution in [0.3, 0.4) is 0 Å². The predicted octanol–water partition coefficient (Wildman–Crippen LogP) is 1.20. The van der Waals surface area contributed by atoms with Crippen LogP contribution in [0.15, 0.2) is 18.5 Å². The Hall–Kier alpha value is -1.09. The molecule has 3 nitrogen and oxygen atoms in total. The molecule has 0 aliphatic heterocycles. The summed E-state index contributed by atoms with van der Waals surface area (Å²) < 4.78 is 0. The van der Waals surface area contributed by atoms with Gasteiger partial charge in [0.1, 0.15) is 5.75 Å². The smallest absolute Gasteiger partial charge is 0.134 e. The highest BCUT2D eigenvalue weighted by Crippen LogP contribution is 2.16. The maximum Gasteiger partial charge on any atom is 0.134 e. The van der Waals surface area contributed by atoms with Gasteiger partial charge >= 0.3 is 0 Å². The molecule has 3 N–H and O–H groups in total. The van der Waals surface area contributed by atoms with Crippen molar-refractivity contribution < 1.29 is 5.11 Å². The predicted molar refractivity (Wildman–Crippen MR) is 43.1 cm³/mol. The Bertz CT molecular complexity index is 237. The van der Waals surface area contributed by atoms with Crippen molar-refractivity contribution in [1.82, 2.24) is 4.98 Å². The van der Waals surface area contributed by atoms with Crippen molar-refractivity contribution in [3.63, 3.8) is 0 Å². The van der Waals surface area contributed by atoms with Crippen molar-refractivity contribution in [2.24, 2.45) is 5.73 Å². The summed E-state index contributed by atoms with van der Waals surface area (Å²) in [6.45, 7) is 1.99. The largest absolute Gasteiger partial charge is 0.506 e. The molecule has 60 valence electrons. The minimum Gasteiger partial charge on any atom is -0.506 e. The number of aromatic hydroxyl groups is 1. The van der Waals surface area contributed by atoms with Gasteiger partial charge in [-0.25, -0.2) is 0 Å². The number of rotatable bonds is 2. The van der Waals surface area contributed by atoms with E-state index in [1.165, 1.54) is 6.20 Å². The van der Waals surface area contributed by atoms with Gasteiger partial charge in [0, 0.05) is 12.2 Å². The number of nitrogens with two attached hydrogens (primary N) is 1. The van der Waals surface area contributed by atoms with Crippen molar-refractivity contribution >= 4 is 0 Å². The van der Waals surface area contributed by atoms with Gasteiger partial charge in [-0.1, -0.05) is 6.92 Å². The fourth-order valence-corrected chi connectivity index (χ4v) is 0.883. The lowest BCUT2D eigenvalue weighted by molar-refractivity contribution is 0.470. The fourth-order valence-electron chi connectivity index (χ4n) is 0.883. The molecule has 1 heterocycles. The molecule has 11 heavy (non-hydrogen) atoms. The topological polar surface area (TPSA) is 59.1 Å². The second kappa shape index (κ2) is 3.34. The highest BCUT2D eigenvalue weighted by molar-refractivity contribution is 5.24. The monoisotopic (exact) mass is 152 g/mol. The van der Waals surface area contributed by atoms with E-state index in [4.69, 9.17) is 10.8 Å². The molecule has 0 aromatic carbocycles. The van der Waals surface area contributed by atoms with E-state index in [2.05, 4.69) is 4.98 Å². The van der Waals surface area contributed by atoms with Gasteiger partial charge in [0.25, 0.3) is 0 Å². The molecule has 3 heteroatoms. The fraction of sp³-hybridized carbons (Fsp3) is 0.375. The lowest BCUT2D eigenvalue weighted by atomic mass is 10.1. The third kappa shape index (κ3) is 1.91. The standard InChI is InChI=1S/C8H12N2O/c1-2-8(9)6-3-7(11)5-10-4-6/h3-5,8,11H,2,9H2,1H3/t8-/m0/s1. The van der Waals surface area contributed by atoms with Crippen LogP contribution >= 0.6 is 0 Å². The zero-order valence-corrected chi connectivity index (χ0v) is 6.49. The van der Waals surface area contributed by atoms with E-state index < -0.39 is 0 Å². The molecule has 0 bridgehead atoms. The zero-order chi connectivity index (χ0) is 8.27. The maximum absolute atomic E-state index is 9.04. The van der Waals surface area contributed by atoms with Gasteiger partial charge in [-0.2, -0.15) is 0 Å². The molecule has 1 aromatic rings. The first-order chi connectivity index (χ1) is 5.24. The minimum absolute atomic E-state index is 0.0189. The summed E-state index contributed by atoms with van der Waals surface area (Å²) in [5.41, 5.74) is 6.59. The summed E-state index contributed by atoms with van der Waals surface area (Å²) in [5, 5.41) is 9.04. The van der Waals surface area contributed by atoms with E-state index in [1.807, 2.05) is 6.92 Å². The van der Waals surface area contributed by atoms with Gasteiger partial charge in [-0.05, 0) is 18.1 Å². The van der Waals surface area contributed by atoms with E-state index in [0.717, 1.165) is 12.0 Å². The molecule has 1 atom stereocenters. The van der Waals surface area contributed by atoms with Crippen LogP contribution in [-0.2, 0) is 0 Å². The Labute approximate surface area is 65.9 Å². The lowest BCUT2D eigenvalue weighted by Gasteiger charge is -2.07. The minimum atomic E-state index is -0.0189. The Morgan fingerprint density at radius 2 is 2.36 bits per heavy atom. The van der Waals surface area contributed by atoms with Crippen LogP contribution in [-0.4, -0.2) is 10.1 Å². The van der Waals surface area contributed by atoms with Crippen molar-refractivity contribution in [2.45, 2.75) is 19.4 Å². The van der Waals surface area contributed by atoms with E-state index in [9.17, 15) is 0 Å². The van der Waals surface area contributed by atoms with Crippen LogP contribution in [0.5, 0.6) is 5.75 Å². The molecule has 1 aromatic heterocycles. The normalized spacial score (nSPS) is 12.9. The molecule has 0 radical (unpaired) electrons. The van der Waals surface area contributed by atoms with Crippen molar-refractivity contribution in [3.8, 4) is 5.75 Å². The van der Waals surface area contributed by atoms with Gasteiger partial charge in [-0.15, -0.1) is 0 Å². The third-order valence-electron chi connectivity index (χ3n) is 1.61. The van der Waals surface area contributed by atoms with Crippen LogP contribution in [0, 0.1) is 0 Å². The highest BCUT2D eigenvalue weighted by Gasteiger charge is 2.02. The first kappa shape index (κ1) is 8.01. The zero-order valence-electron chi connectivity index (χ0n) is 6.49. The molecule has 0 aliphatic rings. The van der Waals surface area contributed by atoms with Crippen LogP contribution in [0.2, 0.25) is 0 Å². The van der Waals surface area contributed by atoms with Crippen molar-refractivity contribution in [2.75, 3.05) is 0 Å². The van der Waals surface area contributed by atoms with E-state index >= 15 is 0 Å². The molecule has 0 amide bonds. The molecule has 0 fully saturated rings. The maximum atomic E-state index is 9.04. The van der Waals surface area contributed by atoms with Gasteiger partial charge in [-0.3, -0.25) is 4.98 Å². The molecule has 0 saturated carbocycles. The van der Waals surface area contributed by atoms with Gasteiger partial charge < -0.3 is 10.8 Å². The Morgan fingerprint density at radius 1 is 1.64 bits per heavy atom. The van der Waals surface area contributed by atoms with Gasteiger partial charge in [0.15, 0.2) is 0 Å². The number of aromatic nitrogens is 1. The second-order valence-corrected chi connectivity index (χ2v) is 2.49. The number of hydrogen-bond acceptors (Lipinski definition) is 3. The first-order valence-corrected chi connectivity index (χ1v) is 3.63. The second-order valence-electron chi connectivity index (χ2n) is 2.49. The third-order valence-corrected chi connectivity index (χ3v) is 1.61. The average Bonchev–Trinajstić information content (AvgIpc) is 2.03. The number of hydrogen-bond donors (Lipinski definition) is 2. The number of pyridine rings is 1. The highest BCUT2D eigenvalue weighted by atomic mass is 16.3. The summed E-state index contributed by atoms with van der Waals surface area (Å²) in [7, 11) is 0. The average molecular weight is 152 g/mol. The van der Waals surface area contributed by atoms with E-state index in [-0.39, 0.29) is 11.8 Å². The van der Waals surface area contributed by atoms with Crippen LogP contribution in [0.25, 0.3) is 0 Å². The first-order valence-electron chi connectivity index (χ1n) is 3.63. The Balaban J connectivity index is 2.86. The molecule has 0 saturated heterocycles. The summed E-state index contributed by atoms with van der Waals surface area (Å²) in [6.07, 6.45) is 3.92. The summed E-state index contributed by atoms with van der Waals surface area (Å²) >= 11 is 0. The molecule has 0 aliphatic carbocycles. The van der Waals surface area contributed by atoms with Crippen LogP contribution in [0.1, 0.15) is 24.9 Å². The molecular weight excluding hydrogens is 140 g/mol. The van der Waals surface area contributed by atoms with Gasteiger partial charge in [0.2, 0.25) is 0 Å². The molecule has 0 unspecified atom stereocenters. The Morgan fingerprint density at radius 3 is 2.91 bits per heavy atom. The molecular formula is C8H12N2O. The summed E-state index contributed by atoms with van der Waals surface area (Å²) in [5.74, 6) is 0.173. The SMILES string of the molecule is CC[C@H](N)c1cncc(O)c1. The molecule has 1 rings (SSSR count). The van der Waals surface area contributed by atoms with Crippen LogP contribution in [0.4, 0.5) is 0 Å². The van der Waals surface area contributed by atoms with Crippen molar-refractivity contribution in [1.29, 1.82) is 0 Å². The van der Waals surface area contributed by atoms with Crippen LogP contribution < -0.4 is 5.73 Å². The quantitative estimate of drug-likeness (QED) is 0.669. The number of nitrogens with zero attached hydrogens (tertiary/aromatic N) is 1.